The summed E-state index contributed by atoms with van der Waals surface area (Å²) in [6.07, 6.45) is 3.33. The van der Waals surface area contributed by atoms with Gasteiger partial charge in [-0.1, -0.05) is 6.07 Å². The number of hydrogen-bond acceptors (Lipinski definition) is 2. The Morgan fingerprint density at radius 3 is 2.78 bits per heavy atom. The first kappa shape index (κ1) is 15.1. The van der Waals surface area contributed by atoms with Crippen LogP contribution >= 0.6 is 0 Å². The quantitative estimate of drug-likeness (QED) is 0.805. The smallest absolute Gasteiger partial charge is 0.253 e. The van der Waals surface area contributed by atoms with Crippen LogP contribution in [-0.4, -0.2) is 15.3 Å². The number of nitrogens with one attached hydrogen (secondary N) is 1. The molecular weight excluding hydrogens is 300 g/mol. The minimum absolute atomic E-state index is 0.237. The molecule has 23 heavy (non-hydrogen) atoms. The van der Waals surface area contributed by atoms with Crippen molar-refractivity contribution in [2.24, 2.45) is 0 Å². The maximum atomic E-state index is 13.8. The Morgan fingerprint density at radius 1 is 1.26 bits per heavy atom. The average molecular weight is 315 g/mol. The van der Waals surface area contributed by atoms with Gasteiger partial charge in [0.1, 0.15) is 11.6 Å². The molecule has 0 saturated carbocycles. The molecule has 2 aromatic heterocycles. The highest BCUT2D eigenvalue weighted by molar-refractivity contribution is 5.95. The summed E-state index contributed by atoms with van der Waals surface area (Å²) in [5.74, 6) is -1.65. The fraction of sp³-hybridized carbons (Fsp3) is 0.176. The van der Waals surface area contributed by atoms with E-state index in [1.165, 1.54) is 12.1 Å². The van der Waals surface area contributed by atoms with E-state index in [1.54, 1.807) is 36.0 Å². The Morgan fingerprint density at radius 2 is 2.04 bits per heavy atom. The first-order chi connectivity index (χ1) is 11.0. The molecule has 0 aliphatic rings. The summed E-state index contributed by atoms with van der Waals surface area (Å²) >= 11 is 0. The predicted molar refractivity (Wildman–Crippen MR) is 82.2 cm³/mol. The van der Waals surface area contributed by atoms with Crippen LogP contribution in [0.2, 0.25) is 0 Å². The minimum atomic E-state index is -0.681. The number of rotatable bonds is 3. The molecular formula is C17H15F2N3O. The zero-order chi connectivity index (χ0) is 16.6. The first-order valence-corrected chi connectivity index (χ1v) is 7.15. The summed E-state index contributed by atoms with van der Waals surface area (Å²) in [5.41, 5.74) is 2.34. The Labute approximate surface area is 131 Å². The maximum Gasteiger partial charge on any atom is 0.253 e. The number of halogens is 2. The van der Waals surface area contributed by atoms with Crippen LogP contribution in [0.1, 0.15) is 34.6 Å². The highest BCUT2D eigenvalue weighted by atomic mass is 19.1. The standard InChI is InChI=1S/C17H15F2N3O/c1-10(14-5-3-12(18)7-16(14)19)21-17(23)15-6-4-13-8-20-9-22(13)11(15)2/h3-10H,1-2H3,(H,21,23). The van der Waals surface area contributed by atoms with E-state index in [0.717, 1.165) is 17.3 Å². The van der Waals surface area contributed by atoms with Crippen molar-refractivity contribution < 1.29 is 13.6 Å². The summed E-state index contributed by atoms with van der Waals surface area (Å²) in [6.45, 7) is 3.46. The number of pyridine rings is 1. The highest BCUT2D eigenvalue weighted by Crippen LogP contribution is 2.19. The summed E-state index contributed by atoms with van der Waals surface area (Å²) in [6, 6.07) is 6.22. The lowest BCUT2D eigenvalue weighted by atomic mass is 10.1. The third kappa shape index (κ3) is 2.79. The van der Waals surface area contributed by atoms with E-state index < -0.39 is 17.7 Å². The van der Waals surface area contributed by atoms with Gasteiger partial charge in [0.05, 0.1) is 29.6 Å². The monoisotopic (exact) mass is 315 g/mol. The van der Waals surface area contributed by atoms with Gasteiger partial charge in [0.2, 0.25) is 0 Å². The van der Waals surface area contributed by atoms with E-state index in [2.05, 4.69) is 10.3 Å². The van der Waals surface area contributed by atoms with Crippen molar-refractivity contribution in [3.05, 3.63) is 71.3 Å². The number of benzene rings is 1. The second-order valence-corrected chi connectivity index (χ2v) is 5.38. The second kappa shape index (κ2) is 5.79. The lowest BCUT2D eigenvalue weighted by molar-refractivity contribution is 0.0938. The number of carbonyl (C=O) groups excluding carboxylic acids is 1. The molecule has 118 valence electrons. The molecule has 0 spiro atoms. The SMILES string of the molecule is Cc1c(C(=O)NC(C)c2ccc(F)cc2F)ccc2cncn12. The summed E-state index contributed by atoms with van der Waals surface area (Å²) in [7, 11) is 0. The topological polar surface area (TPSA) is 46.4 Å². The number of fused-ring (bicyclic) bond motifs is 1. The molecule has 4 nitrogen and oxygen atoms in total. The van der Waals surface area contributed by atoms with Gasteiger partial charge in [0.25, 0.3) is 5.91 Å². The summed E-state index contributed by atoms with van der Waals surface area (Å²) in [5, 5.41) is 2.74. The normalized spacial score (nSPS) is 12.3. The number of imidazole rings is 1. The molecule has 0 aliphatic carbocycles. The van der Waals surface area contributed by atoms with Gasteiger partial charge in [-0.05, 0) is 32.0 Å². The number of aryl methyl sites for hydroxylation is 1. The van der Waals surface area contributed by atoms with E-state index >= 15 is 0 Å². The van der Waals surface area contributed by atoms with E-state index in [4.69, 9.17) is 0 Å². The van der Waals surface area contributed by atoms with Crippen LogP contribution < -0.4 is 5.32 Å². The van der Waals surface area contributed by atoms with Crippen molar-refractivity contribution in [1.82, 2.24) is 14.7 Å². The lowest BCUT2D eigenvalue weighted by Gasteiger charge is -2.16. The maximum absolute atomic E-state index is 13.8. The van der Waals surface area contributed by atoms with Gasteiger partial charge in [-0.25, -0.2) is 13.8 Å². The van der Waals surface area contributed by atoms with Crippen LogP contribution in [0.4, 0.5) is 8.78 Å². The highest BCUT2D eigenvalue weighted by Gasteiger charge is 2.17. The van der Waals surface area contributed by atoms with Gasteiger partial charge in [0.15, 0.2) is 0 Å². The molecule has 6 heteroatoms. The molecule has 0 bridgehead atoms. The zero-order valence-corrected chi connectivity index (χ0v) is 12.7. The molecule has 0 fully saturated rings. The third-order valence-corrected chi connectivity index (χ3v) is 3.86. The Balaban J connectivity index is 1.86. The van der Waals surface area contributed by atoms with Crippen LogP contribution in [0.3, 0.4) is 0 Å². The average Bonchev–Trinajstić information content (AvgIpc) is 2.96. The van der Waals surface area contributed by atoms with Crippen molar-refractivity contribution in [3.63, 3.8) is 0 Å². The third-order valence-electron chi connectivity index (χ3n) is 3.86. The molecule has 1 N–H and O–H groups in total. The molecule has 0 saturated heterocycles. The molecule has 2 heterocycles. The van der Waals surface area contributed by atoms with Crippen LogP contribution in [0.25, 0.3) is 5.52 Å². The van der Waals surface area contributed by atoms with Crippen LogP contribution in [0.15, 0.2) is 42.9 Å². The van der Waals surface area contributed by atoms with Crippen LogP contribution in [-0.2, 0) is 0 Å². The van der Waals surface area contributed by atoms with E-state index in [9.17, 15) is 13.6 Å². The predicted octanol–water partition coefficient (Wildman–Crippen LogP) is 3.41. The largest absolute Gasteiger partial charge is 0.345 e. The Bertz CT molecular complexity index is 889. The lowest BCUT2D eigenvalue weighted by Crippen LogP contribution is -2.28. The second-order valence-electron chi connectivity index (χ2n) is 5.38. The summed E-state index contributed by atoms with van der Waals surface area (Å²) in [4.78, 5) is 16.5. The van der Waals surface area contributed by atoms with E-state index in [1.807, 2.05) is 6.92 Å². The van der Waals surface area contributed by atoms with Crippen LogP contribution in [0, 0.1) is 18.6 Å². The molecule has 1 aromatic carbocycles. The van der Waals surface area contributed by atoms with Gasteiger partial charge in [-0.3, -0.25) is 4.79 Å². The van der Waals surface area contributed by atoms with Gasteiger partial charge < -0.3 is 9.72 Å². The van der Waals surface area contributed by atoms with Crippen molar-refractivity contribution in [3.8, 4) is 0 Å². The minimum Gasteiger partial charge on any atom is -0.345 e. The van der Waals surface area contributed by atoms with Gasteiger partial charge in [-0.15, -0.1) is 0 Å². The van der Waals surface area contributed by atoms with Crippen molar-refractivity contribution in [2.45, 2.75) is 19.9 Å². The van der Waals surface area contributed by atoms with Gasteiger partial charge in [-0.2, -0.15) is 0 Å². The van der Waals surface area contributed by atoms with Crippen molar-refractivity contribution in [1.29, 1.82) is 0 Å². The van der Waals surface area contributed by atoms with Crippen molar-refractivity contribution >= 4 is 11.4 Å². The van der Waals surface area contributed by atoms with E-state index in [-0.39, 0.29) is 11.5 Å². The first-order valence-electron chi connectivity index (χ1n) is 7.15. The number of amides is 1. The molecule has 0 aliphatic heterocycles. The molecule has 3 aromatic rings. The fourth-order valence-corrected chi connectivity index (χ4v) is 2.57. The molecule has 3 rings (SSSR count). The number of carbonyl (C=O) groups is 1. The number of aromatic nitrogens is 2. The Hall–Kier alpha value is -2.76. The fourth-order valence-electron chi connectivity index (χ4n) is 2.57. The molecule has 1 unspecified atom stereocenters. The Kier molecular flexibility index (Phi) is 3.82. The molecule has 1 amide bonds. The van der Waals surface area contributed by atoms with Crippen LogP contribution in [0.5, 0.6) is 0 Å². The van der Waals surface area contributed by atoms with Crippen molar-refractivity contribution in [2.75, 3.05) is 0 Å². The molecule has 0 radical (unpaired) electrons. The van der Waals surface area contributed by atoms with E-state index in [0.29, 0.717) is 5.56 Å². The number of nitrogens with zero attached hydrogens (tertiary/aromatic N) is 2. The molecule has 1 atom stereocenters. The van der Waals surface area contributed by atoms with Gasteiger partial charge in [0, 0.05) is 17.3 Å². The zero-order valence-electron chi connectivity index (χ0n) is 12.7. The summed E-state index contributed by atoms with van der Waals surface area (Å²) < 4.78 is 28.6. The van der Waals surface area contributed by atoms with Gasteiger partial charge >= 0.3 is 0 Å². The number of hydrogen-bond donors (Lipinski definition) is 1.